The van der Waals surface area contributed by atoms with E-state index in [0.29, 0.717) is 17.8 Å². The zero-order valence-electron chi connectivity index (χ0n) is 13.9. The molecule has 0 spiro atoms. The van der Waals surface area contributed by atoms with Gasteiger partial charge in [0.2, 0.25) is 0 Å². The Morgan fingerprint density at radius 2 is 1.68 bits per heavy atom. The molecule has 0 heterocycles. The number of carbonyl (C=O) groups excluding carboxylic acids is 1. The largest absolute Gasteiger partial charge is 0.368 e. The number of rotatable bonds is 5. The Morgan fingerprint density at radius 3 is 2.44 bits per heavy atom. The summed E-state index contributed by atoms with van der Waals surface area (Å²) in [6, 6.07) is 23.3. The van der Waals surface area contributed by atoms with Gasteiger partial charge < -0.3 is 10.2 Å². The summed E-state index contributed by atoms with van der Waals surface area (Å²) in [6.45, 7) is 0.507. The zero-order valence-corrected chi connectivity index (χ0v) is 13.9. The Hall–Kier alpha value is -3.14. The van der Waals surface area contributed by atoms with Crippen LogP contribution in [0.25, 0.3) is 0 Å². The van der Waals surface area contributed by atoms with Crippen LogP contribution in [0.3, 0.4) is 0 Å². The molecule has 0 saturated carbocycles. The van der Waals surface area contributed by atoms with Crippen LogP contribution < -0.4 is 10.2 Å². The first-order valence-electron chi connectivity index (χ1n) is 8.04. The molecule has 3 rings (SSSR count). The molecule has 0 aromatic heterocycles. The van der Waals surface area contributed by atoms with Crippen LogP contribution in [0.4, 0.5) is 15.8 Å². The van der Waals surface area contributed by atoms with Crippen molar-refractivity contribution in [3.8, 4) is 0 Å². The number of hydrogen-bond acceptors (Lipinski definition) is 2. The molecule has 0 aliphatic rings. The highest BCUT2D eigenvalue weighted by Gasteiger charge is 2.10. The van der Waals surface area contributed by atoms with Gasteiger partial charge in [0.1, 0.15) is 5.82 Å². The first-order valence-corrected chi connectivity index (χ1v) is 8.04. The van der Waals surface area contributed by atoms with Gasteiger partial charge in [-0.1, -0.05) is 42.5 Å². The van der Waals surface area contributed by atoms with E-state index in [-0.39, 0.29) is 11.7 Å². The van der Waals surface area contributed by atoms with Crippen molar-refractivity contribution in [3.63, 3.8) is 0 Å². The first kappa shape index (κ1) is 16.7. The summed E-state index contributed by atoms with van der Waals surface area (Å²) in [5, 5.41) is 2.87. The summed E-state index contributed by atoms with van der Waals surface area (Å²) >= 11 is 0. The van der Waals surface area contributed by atoms with Gasteiger partial charge in [0.05, 0.1) is 5.69 Å². The number of halogens is 1. The molecule has 0 aliphatic carbocycles. The standard InChI is InChI=1S/C21H19FN2O/c1-24(20-13-6-5-12-19(20)22)15-16-8-7-9-17(14-16)21(25)23-18-10-3-2-4-11-18/h2-14H,15H2,1H3,(H,23,25). The van der Waals surface area contributed by atoms with Crippen molar-refractivity contribution in [2.24, 2.45) is 0 Å². The van der Waals surface area contributed by atoms with Crippen molar-refractivity contribution >= 4 is 17.3 Å². The van der Waals surface area contributed by atoms with Crippen LogP contribution in [0.5, 0.6) is 0 Å². The van der Waals surface area contributed by atoms with Crippen molar-refractivity contribution in [1.82, 2.24) is 0 Å². The summed E-state index contributed by atoms with van der Waals surface area (Å²) in [5.41, 5.74) is 2.79. The molecule has 0 atom stereocenters. The Balaban J connectivity index is 1.73. The molecule has 4 heteroatoms. The fourth-order valence-electron chi connectivity index (χ4n) is 2.66. The van der Waals surface area contributed by atoms with Gasteiger partial charge in [0, 0.05) is 24.8 Å². The second kappa shape index (κ2) is 7.62. The van der Waals surface area contributed by atoms with E-state index in [9.17, 15) is 9.18 Å². The maximum absolute atomic E-state index is 13.9. The number of benzene rings is 3. The molecule has 0 saturated heterocycles. The van der Waals surface area contributed by atoms with Crippen LogP contribution in [0.2, 0.25) is 0 Å². The number of amides is 1. The molecule has 3 nitrogen and oxygen atoms in total. The molecule has 1 N–H and O–H groups in total. The van der Waals surface area contributed by atoms with Crippen molar-refractivity contribution < 1.29 is 9.18 Å². The second-order valence-corrected chi connectivity index (χ2v) is 5.83. The lowest BCUT2D eigenvalue weighted by atomic mass is 10.1. The highest BCUT2D eigenvalue weighted by Crippen LogP contribution is 2.20. The predicted molar refractivity (Wildman–Crippen MR) is 99.3 cm³/mol. The number of nitrogens with zero attached hydrogens (tertiary/aromatic N) is 1. The van der Waals surface area contributed by atoms with Crippen LogP contribution in [-0.2, 0) is 6.54 Å². The number of carbonyl (C=O) groups is 1. The lowest BCUT2D eigenvalue weighted by Gasteiger charge is -2.20. The van der Waals surface area contributed by atoms with Gasteiger partial charge in [-0.2, -0.15) is 0 Å². The number of para-hydroxylation sites is 2. The Bertz CT molecular complexity index is 865. The number of anilines is 2. The molecule has 126 valence electrons. The van der Waals surface area contributed by atoms with Gasteiger partial charge >= 0.3 is 0 Å². The Labute approximate surface area is 146 Å². The molecule has 3 aromatic rings. The van der Waals surface area contributed by atoms with Crippen molar-refractivity contribution in [3.05, 3.63) is 95.8 Å². The van der Waals surface area contributed by atoms with Crippen molar-refractivity contribution in [2.75, 3.05) is 17.3 Å². The molecule has 0 unspecified atom stereocenters. The van der Waals surface area contributed by atoms with E-state index in [1.165, 1.54) is 6.07 Å². The monoisotopic (exact) mass is 334 g/mol. The van der Waals surface area contributed by atoms with E-state index in [0.717, 1.165) is 11.3 Å². The quantitative estimate of drug-likeness (QED) is 0.732. The normalized spacial score (nSPS) is 10.3. The highest BCUT2D eigenvalue weighted by atomic mass is 19.1. The van der Waals surface area contributed by atoms with Crippen LogP contribution in [0.15, 0.2) is 78.9 Å². The average molecular weight is 334 g/mol. The van der Waals surface area contributed by atoms with Gasteiger partial charge in [0.15, 0.2) is 0 Å². The molecule has 0 fully saturated rings. The lowest BCUT2D eigenvalue weighted by Crippen LogP contribution is -2.18. The second-order valence-electron chi connectivity index (χ2n) is 5.83. The molecule has 0 radical (unpaired) electrons. The minimum absolute atomic E-state index is 0.165. The lowest BCUT2D eigenvalue weighted by molar-refractivity contribution is 0.102. The third-order valence-corrected chi connectivity index (χ3v) is 3.90. The fraction of sp³-hybridized carbons (Fsp3) is 0.0952. The zero-order chi connectivity index (χ0) is 17.6. The summed E-state index contributed by atoms with van der Waals surface area (Å²) in [5.74, 6) is -0.426. The molecule has 0 aliphatic heterocycles. The minimum Gasteiger partial charge on any atom is -0.368 e. The molecule has 25 heavy (non-hydrogen) atoms. The van der Waals surface area contributed by atoms with E-state index in [2.05, 4.69) is 5.32 Å². The van der Waals surface area contributed by atoms with Crippen molar-refractivity contribution in [1.29, 1.82) is 0 Å². The minimum atomic E-state index is -0.261. The topological polar surface area (TPSA) is 32.3 Å². The Kier molecular flexibility index (Phi) is 5.09. The first-order chi connectivity index (χ1) is 12.1. The molecule has 0 bridgehead atoms. The summed E-state index contributed by atoms with van der Waals surface area (Å²) in [4.78, 5) is 14.2. The maximum atomic E-state index is 13.9. The third kappa shape index (κ3) is 4.23. The van der Waals surface area contributed by atoms with Crippen LogP contribution in [-0.4, -0.2) is 13.0 Å². The number of nitrogens with one attached hydrogen (secondary N) is 1. The highest BCUT2D eigenvalue weighted by molar-refractivity contribution is 6.04. The van der Waals surface area contributed by atoms with Gasteiger partial charge in [-0.3, -0.25) is 4.79 Å². The van der Waals surface area contributed by atoms with E-state index >= 15 is 0 Å². The van der Waals surface area contributed by atoms with Crippen LogP contribution in [0.1, 0.15) is 15.9 Å². The summed E-state index contributed by atoms with van der Waals surface area (Å²) in [6.07, 6.45) is 0. The smallest absolute Gasteiger partial charge is 0.255 e. The van der Waals surface area contributed by atoms with E-state index < -0.39 is 0 Å². The van der Waals surface area contributed by atoms with Gasteiger partial charge in [-0.15, -0.1) is 0 Å². The average Bonchev–Trinajstić information content (AvgIpc) is 2.63. The Morgan fingerprint density at radius 1 is 0.960 bits per heavy atom. The van der Waals surface area contributed by atoms with Gasteiger partial charge in [0.25, 0.3) is 5.91 Å². The van der Waals surface area contributed by atoms with Crippen LogP contribution in [0, 0.1) is 5.82 Å². The van der Waals surface area contributed by atoms with E-state index in [1.807, 2.05) is 60.5 Å². The number of hydrogen-bond donors (Lipinski definition) is 1. The van der Waals surface area contributed by atoms with E-state index in [4.69, 9.17) is 0 Å². The van der Waals surface area contributed by atoms with Gasteiger partial charge in [-0.05, 0) is 42.0 Å². The van der Waals surface area contributed by atoms with Crippen LogP contribution >= 0.6 is 0 Å². The predicted octanol–water partition coefficient (Wildman–Crippen LogP) is 4.71. The summed E-state index contributed by atoms with van der Waals surface area (Å²) < 4.78 is 13.9. The van der Waals surface area contributed by atoms with Gasteiger partial charge in [-0.25, -0.2) is 4.39 Å². The molecule has 3 aromatic carbocycles. The molecular formula is C21H19FN2O. The summed E-state index contributed by atoms with van der Waals surface area (Å²) in [7, 11) is 1.83. The SMILES string of the molecule is CN(Cc1cccc(C(=O)Nc2ccccc2)c1)c1ccccc1F. The van der Waals surface area contributed by atoms with E-state index in [1.54, 1.807) is 24.3 Å². The fourth-order valence-corrected chi connectivity index (χ4v) is 2.66. The molecular weight excluding hydrogens is 315 g/mol. The third-order valence-electron chi connectivity index (χ3n) is 3.90. The molecule has 1 amide bonds. The van der Waals surface area contributed by atoms with Crippen molar-refractivity contribution in [2.45, 2.75) is 6.54 Å². The maximum Gasteiger partial charge on any atom is 0.255 e.